The van der Waals surface area contributed by atoms with Crippen molar-refractivity contribution in [3.05, 3.63) is 53.0 Å². The minimum Gasteiger partial charge on any atom is -0.294 e. The summed E-state index contributed by atoms with van der Waals surface area (Å²) in [5.74, 6) is 0.0995. The van der Waals surface area contributed by atoms with Gasteiger partial charge in [0.2, 0.25) is 0 Å². The molecule has 2 aromatic rings. The van der Waals surface area contributed by atoms with Gasteiger partial charge in [-0.05, 0) is 67.3 Å². The molecule has 4 heteroatoms. The summed E-state index contributed by atoms with van der Waals surface area (Å²) in [5, 5.41) is 0. The largest absolute Gasteiger partial charge is 0.294 e. The highest BCUT2D eigenvalue weighted by Gasteiger charge is 2.26. The Morgan fingerprint density at radius 3 is 2.39 bits per heavy atom. The zero-order valence-corrected chi connectivity index (χ0v) is 17.1. The van der Waals surface area contributed by atoms with Crippen LogP contribution in [0, 0.1) is 24.1 Å². The Morgan fingerprint density at radius 2 is 1.82 bits per heavy atom. The van der Waals surface area contributed by atoms with Crippen LogP contribution in [0.4, 0.5) is 4.39 Å². The van der Waals surface area contributed by atoms with Crippen LogP contribution in [0.5, 0.6) is 0 Å². The van der Waals surface area contributed by atoms with E-state index >= 15 is 0 Å². The molecule has 0 aliphatic heterocycles. The number of Topliss-reactive ketones (excluding diaryl/α,β-unsaturated/α-hetero) is 2. The van der Waals surface area contributed by atoms with Crippen LogP contribution in [0.3, 0.4) is 0 Å². The summed E-state index contributed by atoms with van der Waals surface area (Å²) in [6, 6.07) is 6.53. The lowest BCUT2D eigenvalue weighted by Crippen LogP contribution is -2.09. The number of aromatic nitrogens is 1. The summed E-state index contributed by atoms with van der Waals surface area (Å²) in [4.78, 5) is 29.2. The molecule has 1 aromatic carbocycles. The molecular formula is C24H28FNO2. The van der Waals surface area contributed by atoms with E-state index in [9.17, 15) is 14.0 Å². The van der Waals surface area contributed by atoms with E-state index < -0.39 is 5.82 Å². The number of hydrogen-bond donors (Lipinski definition) is 0. The molecule has 0 spiro atoms. The number of ketones is 2. The van der Waals surface area contributed by atoms with Crippen molar-refractivity contribution in [3.63, 3.8) is 0 Å². The van der Waals surface area contributed by atoms with Gasteiger partial charge in [0.25, 0.3) is 0 Å². The van der Waals surface area contributed by atoms with Crippen LogP contribution in [-0.4, -0.2) is 16.6 Å². The van der Waals surface area contributed by atoms with E-state index in [4.69, 9.17) is 0 Å². The molecule has 0 unspecified atom stereocenters. The predicted octanol–water partition coefficient (Wildman–Crippen LogP) is 6.19. The predicted molar refractivity (Wildman–Crippen MR) is 109 cm³/mol. The summed E-state index contributed by atoms with van der Waals surface area (Å²) >= 11 is 0. The van der Waals surface area contributed by atoms with E-state index in [0.29, 0.717) is 46.7 Å². The molecular weight excluding hydrogens is 353 g/mol. The maximum atomic E-state index is 14.4. The first-order chi connectivity index (χ1) is 13.1. The molecule has 3 rings (SSSR count). The first kappa shape index (κ1) is 20.4. The second-order valence-electron chi connectivity index (χ2n) is 9.12. The highest BCUT2D eigenvalue weighted by molar-refractivity contribution is 5.98. The summed E-state index contributed by atoms with van der Waals surface area (Å²) in [5.41, 5.74) is 2.70. The molecule has 0 amide bonds. The van der Waals surface area contributed by atoms with Crippen molar-refractivity contribution in [1.82, 2.24) is 4.98 Å². The van der Waals surface area contributed by atoms with E-state index in [0.717, 1.165) is 19.3 Å². The Bertz CT molecular complexity index is 890. The number of nitrogens with zero attached hydrogens (tertiary/aromatic N) is 1. The van der Waals surface area contributed by atoms with Gasteiger partial charge in [0.1, 0.15) is 5.82 Å². The van der Waals surface area contributed by atoms with Crippen LogP contribution in [0.15, 0.2) is 30.5 Å². The summed E-state index contributed by atoms with van der Waals surface area (Å²) in [6.07, 6.45) is 5.48. The molecule has 1 saturated carbocycles. The molecule has 0 saturated heterocycles. The standard InChI is InChI=1S/C24H28FNO2/c1-15-19(12-18(13-20(15)25)23(28)11-16-5-6-16)21-8-7-17(14-26-21)22(27)9-10-24(2,3)4/h7-8,12-14,16H,5-6,9-11H2,1-4H3. The van der Waals surface area contributed by atoms with E-state index in [1.165, 1.54) is 6.07 Å². The minimum atomic E-state index is -0.399. The van der Waals surface area contributed by atoms with Crippen molar-refractivity contribution in [2.75, 3.05) is 0 Å². The fraction of sp³-hybridized carbons (Fsp3) is 0.458. The van der Waals surface area contributed by atoms with E-state index in [-0.39, 0.29) is 17.0 Å². The van der Waals surface area contributed by atoms with Crippen LogP contribution in [0.25, 0.3) is 11.3 Å². The van der Waals surface area contributed by atoms with Crippen LogP contribution in [0.2, 0.25) is 0 Å². The van der Waals surface area contributed by atoms with E-state index in [1.807, 2.05) is 0 Å². The van der Waals surface area contributed by atoms with Gasteiger partial charge in [0.15, 0.2) is 11.6 Å². The third-order valence-electron chi connectivity index (χ3n) is 5.30. The maximum absolute atomic E-state index is 14.4. The normalized spacial score (nSPS) is 14.2. The van der Waals surface area contributed by atoms with Gasteiger partial charge >= 0.3 is 0 Å². The number of halogens is 1. The number of rotatable bonds is 7. The third-order valence-corrected chi connectivity index (χ3v) is 5.30. The average molecular weight is 381 g/mol. The second-order valence-corrected chi connectivity index (χ2v) is 9.12. The Labute approximate surface area is 166 Å². The number of hydrogen-bond acceptors (Lipinski definition) is 3. The zero-order valence-electron chi connectivity index (χ0n) is 17.1. The highest BCUT2D eigenvalue weighted by Crippen LogP contribution is 2.34. The lowest BCUT2D eigenvalue weighted by Gasteiger charge is -2.17. The molecule has 1 aliphatic carbocycles. The summed E-state index contributed by atoms with van der Waals surface area (Å²) < 4.78 is 14.4. The average Bonchev–Trinajstić information content (AvgIpc) is 3.45. The van der Waals surface area contributed by atoms with Gasteiger partial charge in [0, 0.05) is 35.7 Å². The van der Waals surface area contributed by atoms with Crippen molar-refractivity contribution in [2.24, 2.45) is 11.3 Å². The lowest BCUT2D eigenvalue weighted by molar-refractivity contribution is 0.0961. The molecule has 0 bridgehead atoms. The number of pyridine rings is 1. The number of carbonyl (C=O) groups is 2. The fourth-order valence-corrected chi connectivity index (χ4v) is 3.16. The zero-order chi connectivity index (χ0) is 20.5. The lowest BCUT2D eigenvalue weighted by atomic mass is 9.88. The van der Waals surface area contributed by atoms with Crippen LogP contribution in [-0.2, 0) is 0 Å². The van der Waals surface area contributed by atoms with Crippen LogP contribution < -0.4 is 0 Å². The topological polar surface area (TPSA) is 47.0 Å². The van der Waals surface area contributed by atoms with Crippen LogP contribution in [0.1, 0.15) is 79.2 Å². The van der Waals surface area contributed by atoms with E-state index in [2.05, 4.69) is 25.8 Å². The van der Waals surface area contributed by atoms with Crippen molar-refractivity contribution in [3.8, 4) is 11.3 Å². The van der Waals surface area contributed by atoms with Gasteiger partial charge < -0.3 is 0 Å². The smallest absolute Gasteiger partial charge is 0.164 e. The molecule has 0 N–H and O–H groups in total. The first-order valence-electron chi connectivity index (χ1n) is 9.97. The van der Waals surface area contributed by atoms with Crippen LogP contribution >= 0.6 is 0 Å². The molecule has 148 valence electrons. The number of carbonyl (C=O) groups excluding carboxylic acids is 2. The molecule has 28 heavy (non-hydrogen) atoms. The second kappa shape index (κ2) is 7.94. The molecule has 1 aliphatic rings. The summed E-state index contributed by atoms with van der Waals surface area (Å²) in [6.45, 7) is 8.01. The van der Waals surface area contributed by atoms with Crippen molar-refractivity contribution < 1.29 is 14.0 Å². The maximum Gasteiger partial charge on any atom is 0.164 e. The molecule has 1 fully saturated rings. The third kappa shape index (κ3) is 5.12. The highest BCUT2D eigenvalue weighted by atomic mass is 19.1. The monoisotopic (exact) mass is 381 g/mol. The molecule has 1 heterocycles. The number of benzene rings is 1. The SMILES string of the molecule is Cc1c(F)cc(C(=O)CC2CC2)cc1-c1ccc(C(=O)CCC(C)(C)C)cn1. The quantitative estimate of drug-likeness (QED) is 0.537. The van der Waals surface area contributed by atoms with Gasteiger partial charge in [-0.3, -0.25) is 14.6 Å². The van der Waals surface area contributed by atoms with Gasteiger partial charge in [-0.1, -0.05) is 20.8 Å². The minimum absolute atomic E-state index is 0.0170. The van der Waals surface area contributed by atoms with Gasteiger partial charge in [-0.15, -0.1) is 0 Å². The van der Waals surface area contributed by atoms with Gasteiger partial charge in [0.05, 0.1) is 5.69 Å². The van der Waals surface area contributed by atoms with Gasteiger partial charge in [-0.2, -0.15) is 0 Å². The Hall–Kier alpha value is -2.36. The van der Waals surface area contributed by atoms with Crippen molar-refractivity contribution in [1.29, 1.82) is 0 Å². The van der Waals surface area contributed by atoms with E-state index in [1.54, 1.807) is 31.3 Å². The molecule has 3 nitrogen and oxygen atoms in total. The Morgan fingerprint density at radius 1 is 1.11 bits per heavy atom. The Balaban J connectivity index is 1.81. The molecule has 1 aromatic heterocycles. The van der Waals surface area contributed by atoms with Crippen molar-refractivity contribution >= 4 is 11.6 Å². The summed E-state index contributed by atoms with van der Waals surface area (Å²) in [7, 11) is 0. The Kier molecular flexibility index (Phi) is 5.78. The first-order valence-corrected chi connectivity index (χ1v) is 9.97. The van der Waals surface area contributed by atoms with Crippen molar-refractivity contribution in [2.45, 2.75) is 59.8 Å². The molecule has 0 atom stereocenters. The molecule has 0 radical (unpaired) electrons. The fourth-order valence-electron chi connectivity index (χ4n) is 3.16. The van der Waals surface area contributed by atoms with Gasteiger partial charge in [-0.25, -0.2) is 4.39 Å².